The fourth-order valence-electron chi connectivity index (χ4n) is 2.54. The summed E-state index contributed by atoms with van der Waals surface area (Å²) in [4.78, 5) is 29.0. The Morgan fingerprint density at radius 2 is 2.00 bits per heavy atom. The van der Waals surface area contributed by atoms with Gasteiger partial charge in [0.2, 0.25) is 11.8 Å². The van der Waals surface area contributed by atoms with E-state index < -0.39 is 5.97 Å². The van der Waals surface area contributed by atoms with Gasteiger partial charge in [0.15, 0.2) is 5.70 Å². The highest BCUT2D eigenvalue weighted by Crippen LogP contribution is 2.27. The maximum Gasteiger partial charge on any atom is 0.363 e. The number of aromatic nitrogens is 2. The summed E-state index contributed by atoms with van der Waals surface area (Å²) in [5, 5.41) is 6.23. The minimum Gasteiger partial charge on any atom is -0.401 e. The number of benzene rings is 1. The highest BCUT2D eigenvalue weighted by atomic mass is 32.1. The lowest BCUT2D eigenvalue weighted by Crippen LogP contribution is -2.05. The number of rotatable bonds is 3. The number of aliphatic imine (C=N–C) groups is 1. The molecule has 0 atom stereocenters. The average Bonchev–Trinajstić information content (AvgIpc) is 3.37. The highest BCUT2D eigenvalue weighted by molar-refractivity contribution is 7.12. The van der Waals surface area contributed by atoms with Gasteiger partial charge in [-0.3, -0.25) is 4.79 Å². The second-order valence-electron chi connectivity index (χ2n) is 5.58. The number of carbonyl (C=O) groups excluding carboxylic acids is 2. The summed E-state index contributed by atoms with van der Waals surface area (Å²) in [5.74, 6) is -0.455. The largest absolute Gasteiger partial charge is 0.401 e. The zero-order valence-electron chi connectivity index (χ0n) is 13.7. The van der Waals surface area contributed by atoms with E-state index in [1.54, 1.807) is 12.3 Å². The van der Waals surface area contributed by atoms with Crippen LogP contribution in [0.15, 0.2) is 64.7 Å². The molecule has 1 aromatic carbocycles. The minimum absolute atomic E-state index is 0.175. The molecule has 128 valence electrons. The van der Waals surface area contributed by atoms with Crippen LogP contribution in [0, 0.1) is 0 Å². The van der Waals surface area contributed by atoms with Gasteiger partial charge >= 0.3 is 5.97 Å². The summed E-state index contributed by atoms with van der Waals surface area (Å²) in [6.07, 6.45) is 3.18. The Labute approximate surface area is 153 Å². The van der Waals surface area contributed by atoms with Crippen LogP contribution >= 0.6 is 11.3 Å². The molecule has 0 spiro atoms. The van der Waals surface area contributed by atoms with Gasteiger partial charge < -0.3 is 4.74 Å². The predicted molar refractivity (Wildman–Crippen MR) is 98.9 cm³/mol. The summed E-state index contributed by atoms with van der Waals surface area (Å²) >= 11 is 1.44. The Kier molecular flexibility index (Phi) is 4.06. The molecule has 0 radical (unpaired) electrons. The zero-order chi connectivity index (χ0) is 18.1. The number of hydrogen-bond acceptors (Lipinski definition) is 6. The van der Waals surface area contributed by atoms with E-state index in [1.807, 2.05) is 47.8 Å². The van der Waals surface area contributed by atoms with Crippen molar-refractivity contribution in [1.82, 2.24) is 9.78 Å². The smallest absolute Gasteiger partial charge is 0.363 e. The van der Waals surface area contributed by atoms with Crippen molar-refractivity contribution >= 4 is 35.2 Å². The first-order valence-electron chi connectivity index (χ1n) is 7.84. The van der Waals surface area contributed by atoms with Crippen LogP contribution in [0.4, 0.5) is 0 Å². The lowest BCUT2D eigenvalue weighted by atomic mass is 10.1. The molecule has 3 aromatic rings. The van der Waals surface area contributed by atoms with Gasteiger partial charge in [0.1, 0.15) is 5.69 Å². The summed E-state index contributed by atoms with van der Waals surface area (Å²) in [6.45, 7) is 1.43. The first kappa shape index (κ1) is 16.2. The molecule has 2 aromatic heterocycles. The van der Waals surface area contributed by atoms with Crippen LogP contribution in [0.1, 0.15) is 22.2 Å². The summed E-state index contributed by atoms with van der Waals surface area (Å²) in [5.41, 5.74) is 2.23. The molecule has 0 saturated carbocycles. The monoisotopic (exact) mass is 363 g/mol. The number of cyclic esters (lactones) is 1. The quantitative estimate of drug-likeness (QED) is 0.526. The van der Waals surface area contributed by atoms with Gasteiger partial charge in [-0.1, -0.05) is 36.4 Å². The van der Waals surface area contributed by atoms with Gasteiger partial charge in [-0.2, -0.15) is 5.10 Å². The van der Waals surface area contributed by atoms with Crippen molar-refractivity contribution in [2.45, 2.75) is 6.92 Å². The molecule has 6 nitrogen and oxygen atoms in total. The number of ether oxygens (including phenoxy) is 1. The molecule has 1 aliphatic heterocycles. The summed E-state index contributed by atoms with van der Waals surface area (Å²) < 4.78 is 6.50. The van der Waals surface area contributed by atoms with Crippen molar-refractivity contribution in [2.75, 3.05) is 0 Å². The van der Waals surface area contributed by atoms with E-state index >= 15 is 0 Å². The lowest BCUT2D eigenvalue weighted by Gasteiger charge is -1.98. The third kappa shape index (κ3) is 3.00. The Hall–Kier alpha value is -3.32. The van der Waals surface area contributed by atoms with E-state index in [2.05, 4.69) is 10.1 Å². The molecular weight excluding hydrogens is 350 g/mol. The molecule has 0 saturated heterocycles. The maximum absolute atomic E-state index is 12.2. The van der Waals surface area contributed by atoms with Crippen molar-refractivity contribution in [2.24, 2.45) is 4.99 Å². The van der Waals surface area contributed by atoms with Crippen LogP contribution < -0.4 is 0 Å². The predicted octanol–water partition coefficient (Wildman–Crippen LogP) is 3.62. The van der Waals surface area contributed by atoms with Gasteiger partial charge in [0.05, 0.1) is 4.88 Å². The SMILES string of the molecule is CC(=O)n1cc(C=C2N=C(c3cccs3)OC2=O)c(-c2ccccc2)n1. The van der Waals surface area contributed by atoms with E-state index in [0.717, 1.165) is 10.4 Å². The second-order valence-corrected chi connectivity index (χ2v) is 6.52. The van der Waals surface area contributed by atoms with E-state index in [9.17, 15) is 9.59 Å². The third-order valence-corrected chi connectivity index (χ3v) is 4.61. The van der Waals surface area contributed by atoms with Crippen molar-refractivity contribution in [1.29, 1.82) is 0 Å². The molecular formula is C19H13N3O3S. The van der Waals surface area contributed by atoms with Crippen LogP contribution in [0.25, 0.3) is 17.3 Å². The fourth-order valence-corrected chi connectivity index (χ4v) is 3.19. The van der Waals surface area contributed by atoms with Crippen molar-refractivity contribution in [3.05, 3.63) is 70.2 Å². The van der Waals surface area contributed by atoms with Crippen LogP contribution in [-0.4, -0.2) is 27.6 Å². The van der Waals surface area contributed by atoms with Gasteiger partial charge in [-0.15, -0.1) is 11.3 Å². The van der Waals surface area contributed by atoms with E-state index in [0.29, 0.717) is 11.3 Å². The molecule has 26 heavy (non-hydrogen) atoms. The van der Waals surface area contributed by atoms with E-state index in [-0.39, 0.29) is 17.5 Å². The number of hydrogen-bond donors (Lipinski definition) is 0. The topological polar surface area (TPSA) is 73.6 Å². The summed E-state index contributed by atoms with van der Waals surface area (Å²) in [6, 6.07) is 13.1. The highest BCUT2D eigenvalue weighted by Gasteiger charge is 2.25. The van der Waals surface area contributed by atoms with Gasteiger partial charge in [-0.25, -0.2) is 14.5 Å². The van der Waals surface area contributed by atoms with Crippen LogP contribution in [0.5, 0.6) is 0 Å². The third-order valence-electron chi connectivity index (χ3n) is 3.76. The number of carbonyl (C=O) groups is 2. The molecule has 0 amide bonds. The first-order valence-corrected chi connectivity index (χ1v) is 8.72. The number of nitrogens with zero attached hydrogens (tertiary/aromatic N) is 3. The second kappa shape index (κ2) is 6.53. The lowest BCUT2D eigenvalue weighted by molar-refractivity contribution is -0.129. The molecule has 0 fully saturated rings. The summed E-state index contributed by atoms with van der Waals surface area (Å²) in [7, 11) is 0. The van der Waals surface area contributed by atoms with Crippen LogP contribution in [0.3, 0.4) is 0 Å². The molecule has 3 heterocycles. The van der Waals surface area contributed by atoms with E-state index in [4.69, 9.17) is 4.74 Å². The van der Waals surface area contributed by atoms with E-state index in [1.165, 1.54) is 22.9 Å². The standard InChI is InChI=1S/C19H13N3O3S/c1-12(23)22-11-14(17(21-22)13-6-3-2-4-7-13)10-15-19(24)25-18(20-15)16-8-5-9-26-16/h2-11H,1H3. The number of esters is 1. The average molecular weight is 363 g/mol. The molecule has 1 aliphatic rings. The Morgan fingerprint density at radius 3 is 2.69 bits per heavy atom. The number of thiophene rings is 1. The Morgan fingerprint density at radius 1 is 1.19 bits per heavy atom. The first-order chi connectivity index (χ1) is 12.6. The Balaban J connectivity index is 1.79. The van der Waals surface area contributed by atoms with Gasteiger partial charge in [0.25, 0.3) is 0 Å². The Bertz CT molecular complexity index is 1050. The molecule has 0 unspecified atom stereocenters. The van der Waals surface area contributed by atoms with Gasteiger partial charge in [0, 0.05) is 24.2 Å². The molecule has 0 N–H and O–H groups in total. The minimum atomic E-state index is -0.525. The fraction of sp³-hybridized carbons (Fsp3) is 0.0526. The molecule has 0 aliphatic carbocycles. The molecule has 0 bridgehead atoms. The molecule has 7 heteroatoms. The van der Waals surface area contributed by atoms with Gasteiger partial charge in [-0.05, 0) is 17.5 Å². The molecule has 4 rings (SSSR count). The van der Waals surface area contributed by atoms with Crippen molar-refractivity contribution in [3.63, 3.8) is 0 Å². The van der Waals surface area contributed by atoms with Crippen molar-refractivity contribution < 1.29 is 14.3 Å². The normalized spacial score (nSPS) is 15.2. The van der Waals surface area contributed by atoms with Crippen LogP contribution in [0.2, 0.25) is 0 Å². The zero-order valence-corrected chi connectivity index (χ0v) is 14.6. The maximum atomic E-state index is 12.2. The van der Waals surface area contributed by atoms with Crippen molar-refractivity contribution in [3.8, 4) is 11.3 Å². The van der Waals surface area contributed by atoms with Crippen LogP contribution in [-0.2, 0) is 9.53 Å².